The SMILES string of the molecule is Cc1cccc(C)c1NC(=O)CSCC(=O)Nc1ccc2nc(SCC(=O)c3ccc(Cl)cc3)sc2c1. The molecule has 1 aromatic heterocycles. The van der Waals surface area contributed by atoms with E-state index in [9.17, 15) is 14.4 Å². The smallest absolute Gasteiger partial charge is 0.234 e. The molecule has 0 atom stereocenters. The molecule has 0 saturated heterocycles. The molecule has 10 heteroatoms. The van der Waals surface area contributed by atoms with Crippen LogP contribution in [0.5, 0.6) is 0 Å². The number of nitrogens with one attached hydrogen (secondary N) is 2. The lowest BCUT2D eigenvalue weighted by Gasteiger charge is -2.11. The average molecular weight is 570 g/mol. The van der Waals surface area contributed by atoms with Crippen LogP contribution in [-0.4, -0.2) is 39.8 Å². The van der Waals surface area contributed by atoms with Gasteiger partial charge >= 0.3 is 0 Å². The predicted molar refractivity (Wildman–Crippen MR) is 157 cm³/mol. The van der Waals surface area contributed by atoms with Gasteiger partial charge in [-0.2, -0.15) is 0 Å². The number of hydrogen-bond acceptors (Lipinski definition) is 7. The number of benzene rings is 3. The van der Waals surface area contributed by atoms with Gasteiger partial charge in [-0.25, -0.2) is 4.98 Å². The second-order valence-corrected chi connectivity index (χ2v) is 11.9. The molecule has 3 aromatic carbocycles. The van der Waals surface area contributed by atoms with E-state index in [1.165, 1.54) is 34.9 Å². The van der Waals surface area contributed by atoms with E-state index in [1.54, 1.807) is 30.3 Å². The number of carbonyl (C=O) groups is 3. The Morgan fingerprint density at radius 1 is 0.892 bits per heavy atom. The molecule has 0 saturated carbocycles. The second-order valence-electron chi connectivity index (χ2n) is 8.24. The fourth-order valence-electron chi connectivity index (χ4n) is 3.51. The highest BCUT2D eigenvalue weighted by Gasteiger charge is 2.12. The van der Waals surface area contributed by atoms with Gasteiger partial charge in [0.1, 0.15) is 0 Å². The number of hydrogen-bond donors (Lipinski definition) is 2. The monoisotopic (exact) mass is 569 g/mol. The molecule has 190 valence electrons. The molecule has 2 amide bonds. The summed E-state index contributed by atoms with van der Waals surface area (Å²) in [6.45, 7) is 3.90. The minimum absolute atomic E-state index is 0.00842. The molecule has 0 radical (unpaired) electrons. The van der Waals surface area contributed by atoms with E-state index < -0.39 is 0 Å². The van der Waals surface area contributed by atoms with Crippen LogP contribution in [0.15, 0.2) is 65.0 Å². The van der Waals surface area contributed by atoms with Crippen molar-refractivity contribution in [2.24, 2.45) is 0 Å². The van der Waals surface area contributed by atoms with Crippen LogP contribution in [0.2, 0.25) is 5.02 Å². The summed E-state index contributed by atoms with van der Waals surface area (Å²) in [6.07, 6.45) is 0. The van der Waals surface area contributed by atoms with E-state index in [0.29, 0.717) is 16.3 Å². The number of nitrogens with zero attached hydrogens (tertiary/aromatic N) is 1. The number of anilines is 2. The number of carbonyl (C=O) groups excluding carboxylic acids is 3. The van der Waals surface area contributed by atoms with Crippen molar-refractivity contribution in [3.63, 3.8) is 0 Å². The van der Waals surface area contributed by atoms with Gasteiger partial charge in [0.15, 0.2) is 10.1 Å². The van der Waals surface area contributed by atoms with Crippen LogP contribution < -0.4 is 10.6 Å². The van der Waals surface area contributed by atoms with E-state index in [4.69, 9.17) is 11.6 Å². The van der Waals surface area contributed by atoms with Gasteiger partial charge in [-0.3, -0.25) is 14.4 Å². The zero-order valence-electron chi connectivity index (χ0n) is 20.2. The molecule has 0 fully saturated rings. The van der Waals surface area contributed by atoms with Gasteiger partial charge < -0.3 is 10.6 Å². The topological polar surface area (TPSA) is 88.2 Å². The van der Waals surface area contributed by atoms with Crippen molar-refractivity contribution in [3.8, 4) is 0 Å². The lowest BCUT2D eigenvalue weighted by molar-refractivity contribution is -0.114. The number of rotatable bonds is 10. The number of para-hydroxylation sites is 1. The summed E-state index contributed by atoms with van der Waals surface area (Å²) in [7, 11) is 0. The number of Topliss-reactive ketones (excluding diaryl/α,β-unsaturated/α-hetero) is 1. The predicted octanol–water partition coefficient (Wildman–Crippen LogP) is 6.85. The average Bonchev–Trinajstić information content (AvgIpc) is 3.27. The quantitative estimate of drug-likeness (QED) is 0.160. The molecule has 1 heterocycles. The fraction of sp³-hybridized carbons (Fsp3) is 0.185. The zero-order valence-corrected chi connectivity index (χ0v) is 23.4. The Hall–Kier alpha value is -2.85. The highest BCUT2D eigenvalue weighted by atomic mass is 35.5. The summed E-state index contributed by atoms with van der Waals surface area (Å²) in [5.74, 6) is 0.310. The van der Waals surface area contributed by atoms with Crippen LogP contribution in [0.1, 0.15) is 21.5 Å². The Labute approximate surface area is 232 Å². The van der Waals surface area contributed by atoms with E-state index in [-0.39, 0.29) is 34.9 Å². The summed E-state index contributed by atoms with van der Waals surface area (Å²) in [6, 6.07) is 18.2. The molecule has 37 heavy (non-hydrogen) atoms. The van der Waals surface area contributed by atoms with Crippen LogP contribution in [0, 0.1) is 13.8 Å². The largest absolute Gasteiger partial charge is 0.325 e. The first-order valence-corrected chi connectivity index (χ1v) is 14.7. The molecule has 0 spiro atoms. The molecule has 0 unspecified atom stereocenters. The number of amides is 2. The number of thioether (sulfide) groups is 2. The van der Waals surface area contributed by atoms with Crippen molar-refractivity contribution < 1.29 is 14.4 Å². The van der Waals surface area contributed by atoms with Crippen LogP contribution in [0.4, 0.5) is 11.4 Å². The highest BCUT2D eigenvalue weighted by Crippen LogP contribution is 2.32. The van der Waals surface area contributed by atoms with Crippen LogP contribution in [-0.2, 0) is 9.59 Å². The van der Waals surface area contributed by atoms with Gasteiger partial charge in [-0.1, -0.05) is 41.6 Å². The van der Waals surface area contributed by atoms with E-state index in [1.807, 2.05) is 44.2 Å². The van der Waals surface area contributed by atoms with Gasteiger partial charge in [0.05, 0.1) is 27.5 Å². The lowest BCUT2D eigenvalue weighted by Crippen LogP contribution is -2.19. The summed E-state index contributed by atoms with van der Waals surface area (Å²) >= 11 is 10.0. The molecule has 0 bridgehead atoms. The highest BCUT2D eigenvalue weighted by molar-refractivity contribution is 8.01. The maximum Gasteiger partial charge on any atom is 0.234 e. The zero-order chi connectivity index (χ0) is 26.4. The van der Waals surface area contributed by atoms with Gasteiger partial charge in [0.2, 0.25) is 11.8 Å². The molecule has 0 aliphatic rings. The minimum Gasteiger partial charge on any atom is -0.325 e. The molecule has 2 N–H and O–H groups in total. The standard InChI is InChI=1S/C27H24ClN3O3S3/c1-16-4-3-5-17(2)26(16)31-25(34)15-35-14-24(33)29-20-10-11-21-23(12-20)37-27(30-21)36-13-22(32)18-6-8-19(28)9-7-18/h3-12H,13-15H2,1-2H3,(H,29,33)(H,31,34). The Morgan fingerprint density at radius 2 is 1.57 bits per heavy atom. The van der Waals surface area contributed by atoms with Crippen molar-refractivity contribution >= 4 is 85.7 Å². The Morgan fingerprint density at radius 3 is 2.27 bits per heavy atom. The van der Waals surface area contributed by atoms with Gasteiger partial charge in [0.25, 0.3) is 0 Å². The number of thiazole rings is 1. The molecule has 0 aliphatic heterocycles. The van der Waals surface area contributed by atoms with Crippen molar-refractivity contribution in [1.29, 1.82) is 0 Å². The minimum atomic E-state index is -0.183. The first-order chi connectivity index (χ1) is 17.8. The summed E-state index contributed by atoms with van der Waals surface area (Å²) in [5, 5.41) is 6.40. The number of fused-ring (bicyclic) bond motifs is 1. The Kier molecular flexibility index (Phi) is 9.26. The van der Waals surface area contributed by atoms with E-state index in [2.05, 4.69) is 15.6 Å². The second kappa shape index (κ2) is 12.6. The summed E-state index contributed by atoms with van der Waals surface area (Å²) < 4.78 is 1.70. The summed E-state index contributed by atoms with van der Waals surface area (Å²) in [4.78, 5) is 41.7. The first kappa shape index (κ1) is 27.2. The van der Waals surface area contributed by atoms with Crippen molar-refractivity contribution in [3.05, 3.63) is 82.4 Å². The molecule has 0 aliphatic carbocycles. The molecular weight excluding hydrogens is 546 g/mol. The lowest BCUT2D eigenvalue weighted by atomic mass is 10.1. The molecule has 6 nitrogen and oxygen atoms in total. The van der Waals surface area contributed by atoms with Crippen LogP contribution >= 0.6 is 46.5 Å². The first-order valence-electron chi connectivity index (χ1n) is 11.3. The molecule has 4 rings (SSSR count). The van der Waals surface area contributed by atoms with Gasteiger partial charge in [-0.15, -0.1) is 23.1 Å². The number of aromatic nitrogens is 1. The van der Waals surface area contributed by atoms with Crippen molar-refractivity contribution in [1.82, 2.24) is 4.98 Å². The van der Waals surface area contributed by atoms with Crippen molar-refractivity contribution in [2.45, 2.75) is 18.2 Å². The van der Waals surface area contributed by atoms with E-state index >= 15 is 0 Å². The number of aryl methyl sites for hydroxylation is 2. The maximum absolute atomic E-state index is 12.4. The molecule has 4 aromatic rings. The molecular formula is C27H24ClN3O3S3. The van der Waals surface area contributed by atoms with Gasteiger partial charge in [-0.05, 0) is 67.4 Å². The third-order valence-corrected chi connectivity index (χ3v) is 8.70. The van der Waals surface area contributed by atoms with E-state index in [0.717, 1.165) is 31.4 Å². The Bertz CT molecular complexity index is 1430. The third-order valence-electron chi connectivity index (χ3n) is 5.36. The van der Waals surface area contributed by atoms with Crippen LogP contribution in [0.25, 0.3) is 10.2 Å². The maximum atomic E-state index is 12.4. The van der Waals surface area contributed by atoms with Gasteiger partial charge in [0, 0.05) is 22.0 Å². The Balaban J connectivity index is 1.25. The number of halogens is 1. The van der Waals surface area contributed by atoms with Crippen LogP contribution in [0.3, 0.4) is 0 Å². The third kappa shape index (κ3) is 7.58. The van der Waals surface area contributed by atoms with Crippen molar-refractivity contribution in [2.75, 3.05) is 27.9 Å². The summed E-state index contributed by atoms with van der Waals surface area (Å²) in [5.41, 5.74) is 4.91. The fourth-order valence-corrected chi connectivity index (χ4v) is 6.26. The normalized spacial score (nSPS) is 10.9. The number of ketones is 1.